The first-order chi connectivity index (χ1) is 5.11. The van der Waals surface area contributed by atoms with Crippen LogP contribution in [-0.2, 0) is 0 Å². The van der Waals surface area contributed by atoms with Gasteiger partial charge in [-0.25, -0.2) is 0 Å². The van der Waals surface area contributed by atoms with E-state index in [-0.39, 0.29) is 0 Å². The van der Waals surface area contributed by atoms with Gasteiger partial charge < -0.3 is 10.0 Å². The van der Waals surface area contributed by atoms with E-state index >= 15 is 0 Å². The van der Waals surface area contributed by atoms with Crippen LogP contribution in [0.25, 0.3) is 0 Å². The van der Waals surface area contributed by atoms with Gasteiger partial charge in [0.2, 0.25) is 0 Å². The van der Waals surface area contributed by atoms with E-state index in [1.54, 1.807) is 12.1 Å². The van der Waals surface area contributed by atoms with Crippen molar-refractivity contribution in [2.24, 2.45) is 0 Å². The molecular weight excluding hydrogens is 182 g/mol. The molecule has 0 bridgehead atoms. The Balaban J connectivity index is 3.13. The van der Waals surface area contributed by atoms with Crippen molar-refractivity contribution in [3.8, 4) is 0 Å². The fourth-order valence-electron chi connectivity index (χ4n) is 0.732. The Morgan fingerprint density at radius 1 is 1.36 bits per heavy atom. The highest BCUT2D eigenvalue weighted by atomic mass is 35.5. The standard InChI is InChI=1S/C6H6BClO2S/c8-4-1-2-6(11)5(3-4)7(9)10/h1-3,9-11H. The lowest BCUT2D eigenvalue weighted by Gasteiger charge is -2.02. The normalized spacial score (nSPS) is 9.82. The molecule has 1 aromatic rings. The maximum absolute atomic E-state index is 8.78. The van der Waals surface area contributed by atoms with E-state index in [9.17, 15) is 0 Å². The molecule has 58 valence electrons. The van der Waals surface area contributed by atoms with Gasteiger partial charge in [-0.3, -0.25) is 0 Å². The molecule has 0 amide bonds. The lowest BCUT2D eigenvalue weighted by atomic mass is 9.80. The van der Waals surface area contributed by atoms with Crippen LogP contribution in [0.3, 0.4) is 0 Å². The summed E-state index contributed by atoms with van der Waals surface area (Å²) in [7, 11) is -1.51. The summed E-state index contributed by atoms with van der Waals surface area (Å²) in [5, 5.41) is 18.0. The zero-order chi connectivity index (χ0) is 8.43. The summed E-state index contributed by atoms with van der Waals surface area (Å²) in [5.41, 5.74) is 0.320. The zero-order valence-corrected chi connectivity index (χ0v) is 7.18. The first kappa shape index (κ1) is 8.94. The van der Waals surface area contributed by atoms with Crippen LogP contribution in [0.5, 0.6) is 0 Å². The molecular formula is C6H6BClO2S. The van der Waals surface area contributed by atoms with E-state index in [1.165, 1.54) is 6.07 Å². The number of thiol groups is 1. The minimum Gasteiger partial charge on any atom is -0.423 e. The Hall–Kier alpha value is -0.155. The van der Waals surface area contributed by atoms with Gasteiger partial charge in [-0.15, -0.1) is 12.6 Å². The van der Waals surface area contributed by atoms with Crippen LogP contribution in [0.15, 0.2) is 23.1 Å². The van der Waals surface area contributed by atoms with Crippen molar-refractivity contribution >= 4 is 36.8 Å². The summed E-state index contributed by atoms with van der Waals surface area (Å²) in [6.45, 7) is 0. The van der Waals surface area contributed by atoms with Crippen LogP contribution >= 0.6 is 24.2 Å². The molecule has 2 N–H and O–H groups in total. The van der Waals surface area contributed by atoms with Crippen LogP contribution in [-0.4, -0.2) is 17.2 Å². The van der Waals surface area contributed by atoms with Gasteiger partial charge in [0.15, 0.2) is 0 Å². The number of rotatable bonds is 1. The highest BCUT2D eigenvalue weighted by Crippen LogP contribution is 2.10. The van der Waals surface area contributed by atoms with Crippen molar-refractivity contribution in [2.45, 2.75) is 4.90 Å². The second kappa shape index (κ2) is 3.49. The summed E-state index contributed by atoms with van der Waals surface area (Å²) in [5.74, 6) is 0. The van der Waals surface area contributed by atoms with Crippen LogP contribution < -0.4 is 5.46 Å². The predicted molar refractivity (Wildman–Crippen MR) is 48.5 cm³/mol. The number of hydrogen-bond donors (Lipinski definition) is 3. The molecule has 0 saturated carbocycles. The van der Waals surface area contributed by atoms with Gasteiger partial charge in [0.25, 0.3) is 0 Å². The second-order valence-electron chi connectivity index (χ2n) is 2.08. The Morgan fingerprint density at radius 2 is 2.00 bits per heavy atom. The fraction of sp³-hybridized carbons (Fsp3) is 0. The number of hydrogen-bond acceptors (Lipinski definition) is 3. The molecule has 0 fully saturated rings. The van der Waals surface area contributed by atoms with E-state index in [2.05, 4.69) is 12.6 Å². The van der Waals surface area contributed by atoms with E-state index in [1.807, 2.05) is 0 Å². The molecule has 0 spiro atoms. The van der Waals surface area contributed by atoms with Gasteiger partial charge in [0.05, 0.1) is 0 Å². The molecule has 0 atom stereocenters. The van der Waals surface area contributed by atoms with E-state index in [0.29, 0.717) is 15.4 Å². The summed E-state index contributed by atoms with van der Waals surface area (Å²) < 4.78 is 0. The second-order valence-corrected chi connectivity index (χ2v) is 3.00. The summed E-state index contributed by atoms with van der Waals surface area (Å²) >= 11 is 9.61. The Bertz CT molecular complexity index is 267. The molecule has 5 heteroatoms. The minimum atomic E-state index is -1.51. The third-order valence-corrected chi connectivity index (χ3v) is 1.91. The third kappa shape index (κ3) is 2.14. The van der Waals surface area contributed by atoms with Crippen molar-refractivity contribution in [1.29, 1.82) is 0 Å². The Kier molecular flexibility index (Phi) is 2.84. The van der Waals surface area contributed by atoms with E-state index < -0.39 is 7.12 Å². The topological polar surface area (TPSA) is 40.5 Å². The molecule has 0 aliphatic rings. The van der Waals surface area contributed by atoms with Crippen LogP contribution in [0.2, 0.25) is 5.02 Å². The van der Waals surface area contributed by atoms with Gasteiger partial charge in [-0.1, -0.05) is 11.6 Å². The van der Waals surface area contributed by atoms with Crippen LogP contribution in [0.1, 0.15) is 0 Å². The molecule has 0 aliphatic heterocycles. The van der Waals surface area contributed by atoms with Gasteiger partial charge in [-0.2, -0.15) is 0 Å². The molecule has 0 aromatic heterocycles. The van der Waals surface area contributed by atoms with E-state index in [0.717, 1.165) is 0 Å². The fourth-order valence-corrected chi connectivity index (χ4v) is 1.17. The summed E-state index contributed by atoms with van der Waals surface area (Å²) in [6.07, 6.45) is 0. The molecule has 1 rings (SSSR count). The molecule has 0 saturated heterocycles. The number of benzene rings is 1. The lowest BCUT2D eigenvalue weighted by molar-refractivity contribution is 0.425. The van der Waals surface area contributed by atoms with Crippen molar-refractivity contribution < 1.29 is 10.0 Å². The van der Waals surface area contributed by atoms with Gasteiger partial charge in [-0.05, 0) is 23.7 Å². The van der Waals surface area contributed by atoms with Gasteiger partial charge in [0, 0.05) is 9.92 Å². The van der Waals surface area contributed by atoms with Crippen LogP contribution in [0, 0.1) is 0 Å². The molecule has 11 heavy (non-hydrogen) atoms. The van der Waals surface area contributed by atoms with Crippen molar-refractivity contribution in [1.82, 2.24) is 0 Å². The molecule has 2 nitrogen and oxygen atoms in total. The smallest absolute Gasteiger partial charge is 0.423 e. The van der Waals surface area contributed by atoms with Crippen LogP contribution in [0.4, 0.5) is 0 Å². The first-order valence-electron chi connectivity index (χ1n) is 2.96. The van der Waals surface area contributed by atoms with Gasteiger partial charge in [0.1, 0.15) is 0 Å². The summed E-state index contributed by atoms with van der Waals surface area (Å²) in [6, 6.07) is 4.71. The number of halogens is 1. The highest BCUT2D eigenvalue weighted by Gasteiger charge is 2.13. The van der Waals surface area contributed by atoms with Crippen molar-refractivity contribution in [3.63, 3.8) is 0 Å². The van der Waals surface area contributed by atoms with Crippen molar-refractivity contribution in [2.75, 3.05) is 0 Å². The molecule has 0 radical (unpaired) electrons. The van der Waals surface area contributed by atoms with E-state index in [4.69, 9.17) is 21.6 Å². The van der Waals surface area contributed by atoms with Gasteiger partial charge >= 0.3 is 7.12 Å². The predicted octanol–water partition coefficient (Wildman–Crippen LogP) is 0.308. The average molecular weight is 188 g/mol. The van der Waals surface area contributed by atoms with Crippen molar-refractivity contribution in [3.05, 3.63) is 23.2 Å². The average Bonchev–Trinajstić information content (AvgIpc) is 1.94. The largest absolute Gasteiger partial charge is 0.489 e. The maximum Gasteiger partial charge on any atom is 0.489 e. The zero-order valence-electron chi connectivity index (χ0n) is 5.53. The monoisotopic (exact) mass is 188 g/mol. The quantitative estimate of drug-likeness (QED) is 0.438. The lowest BCUT2D eigenvalue weighted by Crippen LogP contribution is -2.30. The first-order valence-corrected chi connectivity index (χ1v) is 3.78. The molecule has 0 unspecified atom stereocenters. The highest BCUT2D eigenvalue weighted by molar-refractivity contribution is 7.80. The molecule has 1 aromatic carbocycles. The maximum atomic E-state index is 8.78. The SMILES string of the molecule is OB(O)c1cc(Cl)ccc1S. The molecule has 0 aliphatic carbocycles. The molecule has 0 heterocycles. The Labute approximate surface area is 75.4 Å². The summed E-state index contributed by atoms with van der Waals surface area (Å²) in [4.78, 5) is 0.518. The Morgan fingerprint density at radius 3 is 2.45 bits per heavy atom. The minimum absolute atomic E-state index is 0.320. The third-order valence-electron chi connectivity index (χ3n) is 1.27.